The van der Waals surface area contributed by atoms with Gasteiger partial charge in [-0.05, 0) is 35.4 Å². The highest BCUT2D eigenvalue weighted by Crippen LogP contribution is 2.11. The van der Waals surface area contributed by atoms with E-state index in [2.05, 4.69) is 10.6 Å². The molecule has 0 aromatic heterocycles. The Labute approximate surface area is 128 Å². The molecule has 0 unspecified atom stereocenters. The fourth-order valence-corrected chi connectivity index (χ4v) is 1.91. The number of aldehydes is 1. The first-order valence-corrected chi connectivity index (χ1v) is 6.87. The van der Waals surface area contributed by atoms with Crippen molar-refractivity contribution in [2.45, 2.75) is 13.0 Å². The Hall–Kier alpha value is -2.33. The number of urea groups is 1. The Morgan fingerprint density at radius 2 is 1.62 bits per heavy atom. The van der Waals surface area contributed by atoms with E-state index in [0.717, 1.165) is 17.4 Å². The predicted octanol–water partition coefficient (Wildman–Crippen LogP) is 3.40. The van der Waals surface area contributed by atoms with E-state index in [1.165, 1.54) is 0 Å². The molecule has 2 N–H and O–H groups in total. The molecule has 0 spiro atoms. The minimum absolute atomic E-state index is 0.284. The van der Waals surface area contributed by atoms with Crippen molar-refractivity contribution in [1.82, 2.24) is 5.32 Å². The zero-order chi connectivity index (χ0) is 15.1. The van der Waals surface area contributed by atoms with Crippen LogP contribution in [0.15, 0.2) is 48.5 Å². The van der Waals surface area contributed by atoms with Gasteiger partial charge in [0, 0.05) is 23.7 Å². The Bertz CT molecular complexity index is 609. The molecule has 2 amide bonds. The molecule has 2 aromatic carbocycles. The number of rotatable bonds is 5. The summed E-state index contributed by atoms with van der Waals surface area (Å²) in [4.78, 5) is 22.1. The molecule has 4 nitrogen and oxygen atoms in total. The van der Waals surface area contributed by atoms with Crippen LogP contribution in [0.25, 0.3) is 0 Å². The Morgan fingerprint density at radius 3 is 2.24 bits per heavy atom. The van der Waals surface area contributed by atoms with E-state index in [0.29, 0.717) is 23.7 Å². The van der Waals surface area contributed by atoms with Crippen LogP contribution in [0.2, 0.25) is 5.02 Å². The third-order valence-electron chi connectivity index (χ3n) is 2.90. The lowest BCUT2D eigenvalue weighted by Crippen LogP contribution is -2.28. The minimum atomic E-state index is -0.284. The summed E-state index contributed by atoms with van der Waals surface area (Å²) in [6, 6.07) is 14.1. The van der Waals surface area contributed by atoms with E-state index in [-0.39, 0.29) is 6.03 Å². The number of hydrogen-bond donors (Lipinski definition) is 2. The molecule has 0 aliphatic heterocycles. The second kappa shape index (κ2) is 7.45. The molecule has 0 aliphatic carbocycles. The van der Waals surface area contributed by atoms with Gasteiger partial charge in [-0.15, -0.1) is 0 Å². The molecule has 108 valence electrons. The maximum Gasteiger partial charge on any atom is 0.319 e. The fourth-order valence-electron chi connectivity index (χ4n) is 1.78. The van der Waals surface area contributed by atoms with Crippen LogP contribution in [0.4, 0.5) is 10.5 Å². The van der Waals surface area contributed by atoms with Gasteiger partial charge in [0.15, 0.2) is 0 Å². The summed E-state index contributed by atoms with van der Waals surface area (Å²) in [5, 5.41) is 6.15. The summed E-state index contributed by atoms with van der Waals surface area (Å²) >= 11 is 5.80. The first kappa shape index (κ1) is 15.1. The molecule has 0 bridgehead atoms. The molecule has 0 aliphatic rings. The number of hydrogen-bond acceptors (Lipinski definition) is 2. The molecular weight excluding hydrogens is 288 g/mol. The van der Waals surface area contributed by atoms with E-state index in [9.17, 15) is 9.59 Å². The molecule has 0 fully saturated rings. The van der Waals surface area contributed by atoms with Crippen molar-refractivity contribution in [3.63, 3.8) is 0 Å². The largest absolute Gasteiger partial charge is 0.334 e. The van der Waals surface area contributed by atoms with Gasteiger partial charge in [-0.2, -0.15) is 0 Å². The summed E-state index contributed by atoms with van der Waals surface area (Å²) in [5.74, 6) is 0. The van der Waals surface area contributed by atoms with Crippen LogP contribution in [0.5, 0.6) is 0 Å². The smallest absolute Gasteiger partial charge is 0.319 e. The zero-order valence-electron chi connectivity index (χ0n) is 11.3. The Morgan fingerprint density at radius 1 is 1.00 bits per heavy atom. The van der Waals surface area contributed by atoms with Crippen LogP contribution in [0, 0.1) is 0 Å². The van der Waals surface area contributed by atoms with Crippen molar-refractivity contribution in [3.8, 4) is 0 Å². The summed E-state index contributed by atoms with van der Waals surface area (Å²) < 4.78 is 0. The number of benzene rings is 2. The van der Waals surface area contributed by atoms with Gasteiger partial charge in [-0.25, -0.2) is 4.79 Å². The number of halogens is 1. The topological polar surface area (TPSA) is 58.2 Å². The third kappa shape index (κ3) is 4.93. The predicted molar refractivity (Wildman–Crippen MR) is 83.5 cm³/mol. The van der Waals surface area contributed by atoms with Gasteiger partial charge in [0.25, 0.3) is 0 Å². The maximum absolute atomic E-state index is 11.8. The fraction of sp³-hybridized carbons (Fsp3) is 0.125. The monoisotopic (exact) mass is 302 g/mol. The molecule has 2 aromatic rings. The van der Waals surface area contributed by atoms with Crippen molar-refractivity contribution in [2.24, 2.45) is 0 Å². The van der Waals surface area contributed by atoms with E-state index in [4.69, 9.17) is 11.6 Å². The lowest BCUT2D eigenvalue weighted by molar-refractivity contribution is -0.107. The van der Waals surface area contributed by atoms with Crippen molar-refractivity contribution in [3.05, 3.63) is 64.7 Å². The van der Waals surface area contributed by atoms with Gasteiger partial charge in [-0.3, -0.25) is 0 Å². The third-order valence-corrected chi connectivity index (χ3v) is 3.15. The van der Waals surface area contributed by atoms with Crippen molar-refractivity contribution in [1.29, 1.82) is 0 Å². The highest BCUT2D eigenvalue weighted by molar-refractivity contribution is 6.30. The number of anilines is 1. The van der Waals surface area contributed by atoms with Gasteiger partial charge in [0.2, 0.25) is 0 Å². The van der Waals surface area contributed by atoms with E-state index in [1.807, 2.05) is 24.3 Å². The SMILES string of the molecule is O=CCc1ccc(NC(=O)NCc2ccc(Cl)cc2)cc1. The standard InChI is InChI=1S/C16H15ClN2O2/c17-14-5-1-13(2-6-14)11-18-16(21)19-15-7-3-12(4-8-15)9-10-20/h1-8,10H,9,11H2,(H2,18,19,21). The van der Waals surface area contributed by atoms with Crippen molar-refractivity contribution >= 4 is 29.6 Å². The van der Waals surface area contributed by atoms with Gasteiger partial charge < -0.3 is 15.4 Å². The molecule has 0 saturated heterocycles. The highest BCUT2D eigenvalue weighted by atomic mass is 35.5. The van der Waals surface area contributed by atoms with Gasteiger partial charge in [-0.1, -0.05) is 35.9 Å². The average Bonchev–Trinajstić information content (AvgIpc) is 2.49. The molecule has 0 saturated carbocycles. The molecule has 21 heavy (non-hydrogen) atoms. The molecule has 2 rings (SSSR count). The second-order valence-electron chi connectivity index (χ2n) is 4.50. The van der Waals surface area contributed by atoms with Crippen LogP contribution in [0.1, 0.15) is 11.1 Å². The van der Waals surface area contributed by atoms with Crippen molar-refractivity contribution < 1.29 is 9.59 Å². The number of nitrogens with one attached hydrogen (secondary N) is 2. The second-order valence-corrected chi connectivity index (χ2v) is 4.94. The Kier molecular flexibility index (Phi) is 5.35. The van der Waals surface area contributed by atoms with Crippen LogP contribution in [-0.2, 0) is 17.8 Å². The van der Waals surface area contributed by atoms with Crippen LogP contribution in [0.3, 0.4) is 0 Å². The molecule has 0 atom stereocenters. The number of carbonyl (C=O) groups is 2. The first-order chi connectivity index (χ1) is 10.2. The molecular formula is C16H15ClN2O2. The Balaban J connectivity index is 1.83. The van der Waals surface area contributed by atoms with E-state index in [1.54, 1.807) is 24.3 Å². The van der Waals surface area contributed by atoms with Gasteiger partial charge in [0.05, 0.1) is 0 Å². The lowest BCUT2D eigenvalue weighted by Gasteiger charge is -2.08. The maximum atomic E-state index is 11.8. The molecule has 0 heterocycles. The average molecular weight is 303 g/mol. The first-order valence-electron chi connectivity index (χ1n) is 6.49. The normalized spacial score (nSPS) is 9.95. The minimum Gasteiger partial charge on any atom is -0.334 e. The summed E-state index contributed by atoms with van der Waals surface area (Å²) in [5.41, 5.74) is 2.56. The highest BCUT2D eigenvalue weighted by Gasteiger charge is 2.02. The van der Waals surface area contributed by atoms with E-state index < -0.39 is 0 Å². The summed E-state index contributed by atoms with van der Waals surface area (Å²) in [6.45, 7) is 0.423. The van der Waals surface area contributed by atoms with Gasteiger partial charge in [0.1, 0.15) is 6.29 Å². The van der Waals surface area contributed by atoms with Gasteiger partial charge >= 0.3 is 6.03 Å². The zero-order valence-corrected chi connectivity index (χ0v) is 12.1. The van der Waals surface area contributed by atoms with Crippen LogP contribution in [-0.4, -0.2) is 12.3 Å². The summed E-state index contributed by atoms with van der Waals surface area (Å²) in [6.07, 6.45) is 1.23. The lowest BCUT2D eigenvalue weighted by atomic mass is 10.1. The number of carbonyl (C=O) groups excluding carboxylic acids is 2. The molecule has 5 heteroatoms. The van der Waals surface area contributed by atoms with E-state index >= 15 is 0 Å². The summed E-state index contributed by atoms with van der Waals surface area (Å²) in [7, 11) is 0. The number of amides is 2. The molecule has 0 radical (unpaired) electrons. The van der Waals surface area contributed by atoms with Crippen molar-refractivity contribution in [2.75, 3.05) is 5.32 Å². The van der Waals surface area contributed by atoms with Crippen LogP contribution < -0.4 is 10.6 Å². The van der Waals surface area contributed by atoms with Crippen LogP contribution >= 0.6 is 11.6 Å². The quantitative estimate of drug-likeness (QED) is 0.832.